The molecule has 0 radical (unpaired) electrons. The highest BCUT2D eigenvalue weighted by Gasteiger charge is 2.12. The predicted molar refractivity (Wildman–Crippen MR) is 90.6 cm³/mol. The SMILES string of the molecule is C/C(=C/c1coc2nc(N)nc(N)c12)c1ccc(Cl)c(Cl)c1. The van der Waals surface area contributed by atoms with Gasteiger partial charge >= 0.3 is 0 Å². The van der Waals surface area contributed by atoms with Crippen molar-refractivity contribution in [2.75, 3.05) is 11.5 Å². The lowest BCUT2D eigenvalue weighted by Crippen LogP contribution is -1.99. The second-order valence-corrected chi connectivity index (χ2v) is 5.61. The van der Waals surface area contributed by atoms with E-state index in [0.29, 0.717) is 21.1 Å². The summed E-state index contributed by atoms with van der Waals surface area (Å²) in [6.45, 7) is 1.95. The second-order valence-electron chi connectivity index (χ2n) is 4.79. The lowest BCUT2D eigenvalue weighted by molar-refractivity contribution is 0.602. The average molecular weight is 335 g/mol. The molecule has 4 N–H and O–H groups in total. The molecule has 0 amide bonds. The summed E-state index contributed by atoms with van der Waals surface area (Å²) in [7, 11) is 0. The number of anilines is 2. The predicted octanol–water partition coefficient (Wildman–Crippen LogP) is 4.25. The Hall–Kier alpha value is -2.24. The first kappa shape index (κ1) is 14.7. The first-order valence-electron chi connectivity index (χ1n) is 6.39. The fraction of sp³-hybridized carbons (Fsp3) is 0.0667. The van der Waals surface area contributed by atoms with Crippen molar-refractivity contribution in [2.45, 2.75) is 6.92 Å². The van der Waals surface area contributed by atoms with Gasteiger partial charge in [-0.05, 0) is 36.3 Å². The van der Waals surface area contributed by atoms with Gasteiger partial charge in [0.05, 0.1) is 15.4 Å². The Morgan fingerprint density at radius 2 is 1.95 bits per heavy atom. The van der Waals surface area contributed by atoms with E-state index < -0.39 is 0 Å². The molecular weight excluding hydrogens is 323 g/mol. The molecule has 3 rings (SSSR count). The van der Waals surface area contributed by atoms with Crippen LogP contribution in [0, 0.1) is 0 Å². The van der Waals surface area contributed by atoms with Crippen molar-refractivity contribution in [3.05, 3.63) is 45.6 Å². The monoisotopic (exact) mass is 334 g/mol. The Morgan fingerprint density at radius 3 is 2.68 bits per heavy atom. The fourth-order valence-electron chi connectivity index (χ4n) is 2.17. The van der Waals surface area contributed by atoms with Gasteiger partial charge in [-0.1, -0.05) is 29.3 Å². The van der Waals surface area contributed by atoms with Crippen LogP contribution >= 0.6 is 23.2 Å². The molecule has 0 spiro atoms. The Bertz CT molecular complexity index is 902. The van der Waals surface area contributed by atoms with Crippen LogP contribution in [0.3, 0.4) is 0 Å². The summed E-state index contributed by atoms with van der Waals surface area (Å²) in [4.78, 5) is 7.97. The Morgan fingerprint density at radius 1 is 1.18 bits per heavy atom. The number of benzene rings is 1. The topological polar surface area (TPSA) is 91.0 Å². The lowest BCUT2D eigenvalue weighted by Gasteiger charge is -2.04. The summed E-state index contributed by atoms with van der Waals surface area (Å²) in [6.07, 6.45) is 3.48. The highest BCUT2D eigenvalue weighted by molar-refractivity contribution is 6.42. The van der Waals surface area contributed by atoms with E-state index in [9.17, 15) is 0 Å². The second kappa shape index (κ2) is 5.51. The van der Waals surface area contributed by atoms with Crippen molar-refractivity contribution < 1.29 is 4.42 Å². The quantitative estimate of drug-likeness (QED) is 0.730. The van der Waals surface area contributed by atoms with Crippen molar-refractivity contribution in [1.29, 1.82) is 0 Å². The first-order valence-corrected chi connectivity index (χ1v) is 7.15. The molecule has 5 nitrogen and oxygen atoms in total. The van der Waals surface area contributed by atoms with Gasteiger partial charge in [-0.15, -0.1) is 0 Å². The van der Waals surface area contributed by atoms with Crippen LogP contribution in [-0.2, 0) is 0 Å². The summed E-state index contributed by atoms with van der Waals surface area (Å²) < 4.78 is 5.39. The molecule has 0 unspecified atom stereocenters. The number of halogens is 2. The standard InChI is InChI=1S/C15H12Cl2N4O/c1-7(8-2-3-10(16)11(17)5-8)4-9-6-22-14-12(9)13(18)20-15(19)21-14/h2-6H,1H3,(H4,18,19,20,21)/b7-4-. The highest BCUT2D eigenvalue weighted by atomic mass is 35.5. The van der Waals surface area contributed by atoms with Gasteiger partial charge in [0.1, 0.15) is 12.1 Å². The number of nitrogens with zero attached hydrogens (tertiary/aromatic N) is 2. The van der Waals surface area contributed by atoms with Gasteiger partial charge in [-0.2, -0.15) is 9.97 Å². The van der Waals surface area contributed by atoms with Gasteiger partial charge < -0.3 is 15.9 Å². The third kappa shape index (κ3) is 2.61. The normalized spacial score (nSPS) is 12.0. The third-order valence-corrected chi connectivity index (χ3v) is 3.99. The highest BCUT2D eigenvalue weighted by Crippen LogP contribution is 2.30. The summed E-state index contributed by atoms with van der Waals surface area (Å²) in [5.41, 5.74) is 14.5. The average Bonchev–Trinajstić information content (AvgIpc) is 2.84. The number of hydrogen-bond acceptors (Lipinski definition) is 5. The van der Waals surface area contributed by atoms with Gasteiger partial charge in [0.25, 0.3) is 0 Å². The number of aromatic nitrogens is 2. The molecule has 3 aromatic rings. The maximum absolute atomic E-state index is 6.05. The van der Waals surface area contributed by atoms with E-state index in [2.05, 4.69) is 9.97 Å². The number of nitrogens with two attached hydrogens (primary N) is 2. The van der Waals surface area contributed by atoms with E-state index in [-0.39, 0.29) is 11.8 Å². The molecule has 0 aliphatic carbocycles. The molecule has 1 aromatic carbocycles. The minimum absolute atomic E-state index is 0.0797. The van der Waals surface area contributed by atoms with Crippen molar-refractivity contribution >= 4 is 57.7 Å². The van der Waals surface area contributed by atoms with Crippen LogP contribution in [0.1, 0.15) is 18.1 Å². The van der Waals surface area contributed by atoms with E-state index in [1.54, 1.807) is 18.4 Å². The molecule has 0 bridgehead atoms. The minimum Gasteiger partial charge on any atom is -0.445 e. The van der Waals surface area contributed by atoms with E-state index in [0.717, 1.165) is 16.7 Å². The Kier molecular flexibility index (Phi) is 3.68. The van der Waals surface area contributed by atoms with Crippen molar-refractivity contribution in [3.63, 3.8) is 0 Å². The van der Waals surface area contributed by atoms with Crippen LogP contribution in [0.25, 0.3) is 22.7 Å². The lowest BCUT2D eigenvalue weighted by atomic mass is 10.0. The maximum atomic E-state index is 6.05. The first-order chi connectivity index (χ1) is 10.5. The van der Waals surface area contributed by atoms with Gasteiger partial charge in [-0.3, -0.25) is 0 Å². The molecule has 7 heteroatoms. The molecule has 0 saturated carbocycles. The van der Waals surface area contributed by atoms with Crippen molar-refractivity contribution in [3.8, 4) is 0 Å². The number of rotatable bonds is 2. The number of nitrogen functional groups attached to an aromatic ring is 2. The van der Waals surface area contributed by atoms with Crippen LogP contribution in [0.2, 0.25) is 10.0 Å². The minimum atomic E-state index is 0.0797. The number of furan rings is 1. The van der Waals surface area contributed by atoms with E-state index in [4.69, 9.17) is 39.1 Å². The Labute approximate surface area is 136 Å². The van der Waals surface area contributed by atoms with Gasteiger partial charge in [-0.25, -0.2) is 0 Å². The molecule has 112 valence electrons. The van der Waals surface area contributed by atoms with Crippen LogP contribution in [0.4, 0.5) is 11.8 Å². The molecule has 0 atom stereocenters. The smallest absolute Gasteiger partial charge is 0.233 e. The number of fused-ring (bicyclic) bond motifs is 1. The molecule has 0 aliphatic rings. The summed E-state index contributed by atoms with van der Waals surface area (Å²) in [5.74, 6) is 0.362. The maximum Gasteiger partial charge on any atom is 0.233 e. The molecule has 2 aromatic heterocycles. The zero-order valence-electron chi connectivity index (χ0n) is 11.6. The summed E-state index contributed by atoms with van der Waals surface area (Å²) in [5, 5.41) is 1.65. The Balaban J connectivity index is 2.09. The molecule has 0 saturated heterocycles. The summed E-state index contributed by atoms with van der Waals surface area (Å²) in [6, 6.07) is 5.44. The van der Waals surface area contributed by atoms with Gasteiger partial charge in [0.2, 0.25) is 11.7 Å². The summed E-state index contributed by atoms with van der Waals surface area (Å²) >= 11 is 12.0. The largest absolute Gasteiger partial charge is 0.445 e. The molecule has 0 aliphatic heterocycles. The van der Waals surface area contributed by atoms with Crippen LogP contribution in [0.5, 0.6) is 0 Å². The molecule has 2 heterocycles. The van der Waals surface area contributed by atoms with Crippen LogP contribution < -0.4 is 11.5 Å². The molecule has 22 heavy (non-hydrogen) atoms. The number of hydrogen-bond donors (Lipinski definition) is 2. The molecular formula is C15H12Cl2N4O. The van der Waals surface area contributed by atoms with Crippen molar-refractivity contribution in [1.82, 2.24) is 9.97 Å². The zero-order chi connectivity index (χ0) is 15.9. The van der Waals surface area contributed by atoms with Crippen LogP contribution in [-0.4, -0.2) is 9.97 Å². The van der Waals surface area contributed by atoms with E-state index >= 15 is 0 Å². The van der Waals surface area contributed by atoms with Crippen LogP contribution in [0.15, 0.2) is 28.9 Å². The van der Waals surface area contributed by atoms with Gasteiger partial charge in [0, 0.05) is 5.56 Å². The van der Waals surface area contributed by atoms with E-state index in [1.807, 2.05) is 19.1 Å². The van der Waals surface area contributed by atoms with Gasteiger partial charge in [0.15, 0.2) is 0 Å². The molecule has 0 fully saturated rings. The number of allylic oxidation sites excluding steroid dienone is 1. The van der Waals surface area contributed by atoms with E-state index in [1.165, 1.54) is 0 Å². The third-order valence-electron chi connectivity index (χ3n) is 3.25. The van der Waals surface area contributed by atoms with Crippen molar-refractivity contribution in [2.24, 2.45) is 0 Å². The fourth-order valence-corrected chi connectivity index (χ4v) is 2.47. The zero-order valence-corrected chi connectivity index (χ0v) is 13.1.